The lowest BCUT2D eigenvalue weighted by Gasteiger charge is -2.14. The van der Waals surface area contributed by atoms with E-state index in [9.17, 15) is 14.4 Å². The number of Topliss-reactive ketones (excluding diaryl/α,β-unsaturated/α-hetero) is 1. The molecule has 0 radical (unpaired) electrons. The normalized spacial score (nSPS) is 10.5. The molecule has 5 nitrogen and oxygen atoms in total. The van der Waals surface area contributed by atoms with Crippen molar-refractivity contribution in [2.45, 2.75) is 20.4 Å². The van der Waals surface area contributed by atoms with Crippen LogP contribution >= 0.6 is 0 Å². The second-order valence-corrected chi connectivity index (χ2v) is 6.69. The van der Waals surface area contributed by atoms with Crippen LogP contribution in [0.4, 0.5) is 0 Å². The maximum atomic E-state index is 13.0. The molecule has 0 aliphatic rings. The Hall–Kier alpha value is -3.47. The first-order valence-electron chi connectivity index (χ1n) is 9.09. The van der Waals surface area contributed by atoms with Crippen molar-refractivity contribution < 1.29 is 9.59 Å². The van der Waals surface area contributed by atoms with Crippen LogP contribution in [0.5, 0.6) is 0 Å². The van der Waals surface area contributed by atoms with Gasteiger partial charge in [0.25, 0.3) is 11.5 Å². The number of hydrogen-bond acceptors (Lipinski definition) is 3. The summed E-state index contributed by atoms with van der Waals surface area (Å²) in [6.07, 6.45) is 0. The molecule has 1 N–H and O–H groups in total. The van der Waals surface area contributed by atoms with Gasteiger partial charge in [0.1, 0.15) is 5.56 Å². The molecule has 0 aliphatic heterocycles. The number of rotatable bonds is 6. The first-order chi connectivity index (χ1) is 13.5. The smallest absolute Gasteiger partial charge is 0.264 e. The fourth-order valence-corrected chi connectivity index (χ4v) is 3.14. The third-order valence-electron chi connectivity index (χ3n) is 4.62. The Labute approximate surface area is 163 Å². The molecule has 0 spiro atoms. The second-order valence-electron chi connectivity index (χ2n) is 6.69. The molecule has 3 rings (SSSR count). The molecule has 1 aromatic heterocycles. The van der Waals surface area contributed by atoms with Crippen molar-refractivity contribution in [2.75, 3.05) is 6.54 Å². The summed E-state index contributed by atoms with van der Waals surface area (Å²) >= 11 is 0. The molecule has 0 aliphatic carbocycles. The average molecular weight is 374 g/mol. The zero-order valence-electron chi connectivity index (χ0n) is 15.9. The van der Waals surface area contributed by atoms with E-state index in [1.165, 1.54) is 0 Å². The number of aromatic nitrogens is 1. The van der Waals surface area contributed by atoms with E-state index in [0.717, 1.165) is 11.3 Å². The van der Waals surface area contributed by atoms with E-state index in [0.29, 0.717) is 17.7 Å². The van der Waals surface area contributed by atoms with Crippen molar-refractivity contribution in [3.8, 4) is 0 Å². The van der Waals surface area contributed by atoms with E-state index in [1.54, 1.807) is 35.8 Å². The van der Waals surface area contributed by atoms with Gasteiger partial charge in [0.15, 0.2) is 5.78 Å². The lowest BCUT2D eigenvalue weighted by Crippen LogP contribution is -2.37. The molecule has 28 heavy (non-hydrogen) atoms. The number of ketones is 1. The molecule has 5 heteroatoms. The van der Waals surface area contributed by atoms with Crippen molar-refractivity contribution in [1.82, 2.24) is 9.88 Å². The van der Waals surface area contributed by atoms with Crippen LogP contribution in [0.1, 0.15) is 37.5 Å². The van der Waals surface area contributed by atoms with Crippen molar-refractivity contribution in [1.29, 1.82) is 0 Å². The summed E-state index contributed by atoms with van der Waals surface area (Å²) in [5, 5.41) is 2.59. The van der Waals surface area contributed by atoms with E-state index in [2.05, 4.69) is 5.32 Å². The number of pyridine rings is 1. The molecule has 2 aromatic carbocycles. The first-order valence-corrected chi connectivity index (χ1v) is 9.09. The zero-order valence-corrected chi connectivity index (χ0v) is 15.9. The number of hydrogen-bond donors (Lipinski definition) is 1. The minimum Gasteiger partial charge on any atom is -0.344 e. The van der Waals surface area contributed by atoms with Gasteiger partial charge in [-0.3, -0.25) is 14.4 Å². The lowest BCUT2D eigenvalue weighted by atomic mass is 10.1. The SMILES string of the molecule is Cc1cc(C)n(Cc2ccccc2)c(=O)c1C(=O)NCC(=O)c1ccccc1. The third-order valence-corrected chi connectivity index (χ3v) is 4.62. The summed E-state index contributed by atoms with van der Waals surface area (Å²) in [6, 6.07) is 20.2. The highest BCUT2D eigenvalue weighted by molar-refractivity contribution is 6.02. The van der Waals surface area contributed by atoms with Crippen molar-refractivity contribution >= 4 is 11.7 Å². The standard InChI is InChI=1S/C23H22N2O3/c1-16-13-17(2)25(15-18-9-5-3-6-10-18)23(28)21(16)22(27)24-14-20(26)19-11-7-4-8-12-19/h3-13H,14-15H2,1-2H3,(H,24,27). The topological polar surface area (TPSA) is 68.2 Å². The number of amides is 1. The molecule has 0 saturated heterocycles. The summed E-state index contributed by atoms with van der Waals surface area (Å²) < 4.78 is 1.58. The Balaban J connectivity index is 1.83. The van der Waals surface area contributed by atoms with Crippen LogP contribution in [0.15, 0.2) is 71.5 Å². The van der Waals surface area contributed by atoms with E-state index < -0.39 is 5.91 Å². The fraction of sp³-hybridized carbons (Fsp3) is 0.174. The van der Waals surface area contributed by atoms with E-state index >= 15 is 0 Å². The molecule has 0 atom stereocenters. The molecule has 1 heterocycles. The quantitative estimate of drug-likeness (QED) is 0.674. The van der Waals surface area contributed by atoms with Crippen molar-refractivity contribution in [3.63, 3.8) is 0 Å². The number of carbonyl (C=O) groups excluding carboxylic acids is 2. The van der Waals surface area contributed by atoms with Crippen molar-refractivity contribution in [3.05, 3.63) is 105 Å². The highest BCUT2D eigenvalue weighted by atomic mass is 16.2. The summed E-state index contributed by atoms with van der Waals surface area (Å²) in [4.78, 5) is 37.9. The molecular formula is C23H22N2O3. The fourth-order valence-electron chi connectivity index (χ4n) is 3.14. The van der Waals surface area contributed by atoms with Gasteiger partial charge in [0, 0.05) is 11.3 Å². The summed E-state index contributed by atoms with van der Waals surface area (Å²) in [5.41, 5.74) is 2.58. The van der Waals surface area contributed by atoms with Gasteiger partial charge < -0.3 is 9.88 Å². The minimum absolute atomic E-state index is 0.0717. The summed E-state index contributed by atoms with van der Waals surface area (Å²) in [7, 11) is 0. The van der Waals surface area contributed by atoms with E-state index in [-0.39, 0.29) is 23.5 Å². The Kier molecular flexibility index (Phi) is 5.84. The monoisotopic (exact) mass is 374 g/mol. The van der Waals surface area contributed by atoms with Crippen molar-refractivity contribution in [2.24, 2.45) is 0 Å². The number of nitrogens with one attached hydrogen (secondary N) is 1. The van der Waals surface area contributed by atoms with Crippen LogP contribution in [-0.4, -0.2) is 22.8 Å². The summed E-state index contributed by atoms with van der Waals surface area (Å²) in [6.45, 7) is 3.80. The lowest BCUT2D eigenvalue weighted by molar-refractivity contribution is 0.0902. The van der Waals surface area contributed by atoms with Gasteiger partial charge in [0.05, 0.1) is 13.1 Å². The van der Waals surface area contributed by atoms with Gasteiger partial charge in [-0.05, 0) is 31.0 Å². The van der Waals surface area contributed by atoms with Crippen LogP contribution in [0.2, 0.25) is 0 Å². The number of carbonyl (C=O) groups is 2. The number of benzene rings is 2. The molecule has 0 saturated carbocycles. The predicted octanol–water partition coefficient (Wildman–Crippen LogP) is 3.13. The second kappa shape index (κ2) is 8.48. The molecule has 0 bridgehead atoms. The number of aryl methyl sites for hydroxylation is 2. The van der Waals surface area contributed by atoms with E-state index in [1.807, 2.05) is 49.4 Å². The van der Waals surface area contributed by atoms with Gasteiger partial charge in [-0.25, -0.2) is 0 Å². The van der Waals surface area contributed by atoms with Gasteiger partial charge in [-0.15, -0.1) is 0 Å². The van der Waals surface area contributed by atoms with Gasteiger partial charge in [-0.1, -0.05) is 60.7 Å². The first kappa shape index (κ1) is 19.3. The van der Waals surface area contributed by atoms with Gasteiger partial charge in [0.2, 0.25) is 0 Å². The average Bonchev–Trinajstić information content (AvgIpc) is 2.70. The van der Waals surface area contributed by atoms with Crippen LogP contribution in [0, 0.1) is 13.8 Å². The molecule has 3 aromatic rings. The van der Waals surface area contributed by atoms with Crippen LogP contribution in [0.3, 0.4) is 0 Å². The molecule has 142 valence electrons. The minimum atomic E-state index is -0.534. The zero-order chi connectivity index (χ0) is 20.1. The predicted molar refractivity (Wildman–Crippen MR) is 109 cm³/mol. The molecule has 0 fully saturated rings. The third kappa shape index (κ3) is 4.26. The maximum Gasteiger partial charge on any atom is 0.264 e. The molecule has 1 amide bonds. The molecule has 0 unspecified atom stereocenters. The highest BCUT2D eigenvalue weighted by Gasteiger charge is 2.18. The van der Waals surface area contributed by atoms with Gasteiger partial charge in [-0.2, -0.15) is 0 Å². The Morgan fingerprint density at radius 3 is 2.18 bits per heavy atom. The Morgan fingerprint density at radius 2 is 1.54 bits per heavy atom. The van der Waals surface area contributed by atoms with Gasteiger partial charge >= 0.3 is 0 Å². The largest absolute Gasteiger partial charge is 0.344 e. The Bertz CT molecular complexity index is 1050. The van der Waals surface area contributed by atoms with Crippen LogP contribution in [-0.2, 0) is 6.54 Å². The number of nitrogens with zero attached hydrogens (tertiary/aromatic N) is 1. The van der Waals surface area contributed by atoms with Crippen LogP contribution in [0.25, 0.3) is 0 Å². The Morgan fingerprint density at radius 1 is 0.929 bits per heavy atom. The highest BCUT2D eigenvalue weighted by Crippen LogP contribution is 2.09. The summed E-state index contributed by atoms with van der Waals surface area (Å²) in [5.74, 6) is -0.739. The maximum absolute atomic E-state index is 13.0. The van der Waals surface area contributed by atoms with Crippen LogP contribution < -0.4 is 10.9 Å². The molecular weight excluding hydrogens is 352 g/mol. The van der Waals surface area contributed by atoms with E-state index in [4.69, 9.17) is 0 Å².